The molecule has 0 amide bonds. The normalized spacial score (nSPS) is 53.1. The first-order valence-electron chi connectivity index (χ1n) is 17.0. The Morgan fingerprint density at radius 2 is 1.73 bits per heavy atom. The van der Waals surface area contributed by atoms with Gasteiger partial charge in [0, 0.05) is 17.3 Å². The van der Waals surface area contributed by atoms with Gasteiger partial charge in [-0.1, -0.05) is 64.8 Å². The maximum Gasteiger partial charge on any atom is 0.187 e. The van der Waals surface area contributed by atoms with Gasteiger partial charge in [-0.2, -0.15) is 0 Å². The Bertz CT molecular complexity index is 1200. The van der Waals surface area contributed by atoms with Gasteiger partial charge < -0.3 is 34.6 Å². The van der Waals surface area contributed by atoms with Crippen LogP contribution in [0.2, 0.25) is 0 Å². The second kappa shape index (κ2) is 11.0. The monoisotopic (exact) mass is 616 g/mol. The van der Waals surface area contributed by atoms with Crippen LogP contribution in [0.1, 0.15) is 93.9 Å². The topological polar surface area (TPSA) is 126 Å². The third-order valence-electron chi connectivity index (χ3n) is 13.9. The number of ether oxygens (including phenoxy) is 3. The molecule has 2 heterocycles. The van der Waals surface area contributed by atoms with Gasteiger partial charge in [-0.05, 0) is 80.5 Å². The first-order chi connectivity index (χ1) is 20.5. The fraction of sp³-hybridized carbons (Fsp3) is 0.861. The summed E-state index contributed by atoms with van der Waals surface area (Å²) in [6.45, 7) is 17.5. The van der Waals surface area contributed by atoms with Gasteiger partial charge in [-0.25, -0.2) is 0 Å². The zero-order valence-electron chi connectivity index (χ0n) is 28.0. The van der Waals surface area contributed by atoms with Gasteiger partial charge in [0.05, 0.1) is 24.9 Å². The van der Waals surface area contributed by atoms with Crippen LogP contribution >= 0.6 is 0 Å². The Labute approximate surface area is 263 Å². The molecule has 0 aromatic carbocycles. The Morgan fingerprint density at radius 1 is 1.02 bits per heavy atom. The molecule has 0 radical (unpaired) electrons. The Hall–Kier alpha value is -1.13. The molecule has 6 aliphatic rings. The van der Waals surface area contributed by atoms with E-state index in [1.807, 2.05) is 0 Å². The summed E-state index contributed by atoms with van der Waals surface area (Å²) in [5.41, 5.74) is 1.44. The number of rotatable bonds is 4. The summed E-state index contributed by atoms with van der Waals surface area (Å²) in [6, 6.07) is 0. The van der Waals surface area contributed by atoms with E-state index >= 15 is 0 Å². The van der Waals surface area contributed by atoms with E-state index in [-0.39, 0.29) is 41.0 Å². The van der Waals surface area contributed by atoms with Gasteiger partial charge in [0.1, 0.15) is 30.2 Å². The average molecular weight is 617 g/mol. The highest BCUT2D eigenvalue weighted by Crippen LogP contribution is 2.75. The number of fused-ring (bicyclic) bond motifs is 7. The van der Waals surface area contributed by atoms with Gasteiger partial charge in [0.2, 0.25) is 0 Å². The lowest BCUT2D eigenvalue weighted by Gasteiger charge is -2.65. The third-order valence-corrected chi connectivity index (χ3v) is 13.9. The largest absolute Gasteiger partial charge is 0.394 e. The predicted octanol–water partition coefficient (Wildman–Crippen LogP) is 4.33. The van der Waals surface area contributed by atoms with E-state index in [1.165, 1.54) is 11.1 Å². The molecule has 4 aliphatic carbocycles. The summed E-state index contributed by atoms with van der Waals surface area (Å²) >= 11 is 0. The molecular weight excluding hydrogens is 560 g/mol. The summed E-state index contributed by atoms with van der Waals surface area (Å²) in [7, 11) is 0. The molecule has 2 saturated heterocycles. The number of allylic oxidation sites excluding steroid dienone is 2. The van der Waals surface area contributed by atoms with Crippen LogP contribution in [0.5, 0.6) is 0 Å². The summed E-state index contributed by atoms with van der Waals surface area (Å²) in [5.74, 6) is 1.56. The maximum absolute atomic E-state index is 14.6. The van der Waals surface area contributed by atoms with Crippen molar-refractivity contribution in [3.05, 3.63) is 23.3 Å². The zero-order chi connectivity index (χ0) is 32.1. The van der Waals surface area contributed by atoms with E-state index in [0.29, 0.717) is 30.5 Å². The van der Waals surface area contributed by atoms with Crippen LogP contribution in [0.15, 0.2) is 23.3 Å². The summed E-state index contributed by atoms with van der Waals surface area (Å²) in [5, 5.41) is 40.9. The van der Waals surface area contributed by atoms with Gasteiger partial charge in [-0.3, -0.25) is 4.79 Å². The van der Waals surface area contributed by atoms with Crippen molar-refractivity contribution in [2.24, 2.45) is 45.3 Å². The number of hydrogen-bond donors (Lipinski definition) is 4. The van der Waals surface area contributed by atoms with Gasteiger partial charge in [0.25, 0.3) is 0 Å². The number of carbonyl (C=O) groups is 1. The van der Waals surface area contributed by atoms with E-state index in [0.717, 1.165) is 25.7 Å². The molecule has 15 atom stereocenters. The van der Waals surface area contributed by atoms with Crippen LogP contribution in [0, 0.1) is 45.3 Å². The van der Waals surface area contributed by atoms with E-state index < -0.39 is 48.1 Å². The fourth-order valence-electron chi connectivity index (χ4n) is 11.5. The molecule has 3 saturated carbocycles. The highest BCUT2D eigenvalue weighted by Gasteiger charge is 2.73. The Morgan fingerprint density at radius 3 is 2.39 bits per heavy atom. The van der Waals surface area contributed by atoms with Crippen LogP contribution < -0.4 is 0 Å². The van der Waals surface area contributed by atoms with Crippen LogP contribution in [-0.2, 0) is 19.0 Å². The molecule has 5 fully saturated rings. The predicted molar refractivity (Wildman–Crippen MR) is 165 cm³/mol. The minimum absolute atomic E-state index is 0.0328. The standard InChI is InChI=1S/C36H56O8/c1-18(2)13-20-14-19(3)28-23(42-20)15-34(6)25-11-9-21-22(36(25,8)26(38)16-35(28,34)7)10-12-27(33(21,4)5)44-32-31(41)30(40)29(39)24(17-37)43-32/h9,13,19-20,22-25,27-32,37,39-41H,10-12,14-17H2,1-8H3. The van der Waals surface area contributed by atoms with Crippen molar-refractivity contribution in [1.29, 1.82) is 0 Å². The molecule has 0 bridgehead atoms. The van der Waals surface area contributed by atoms with Crippen LogP contribution in [-0.4, -0.2) is 81.8 Å². The number of aliphatic hydroxyl groups is 4. The summed E-state index contributed by atoms with van der Waals surface area (Å²) < 4.78 is 18.9. The smallest absolute Gasteiger partial charge is 0.187 e. The second-order valence-electron chi connectivity index (χ2n) is 16.7. The maximum atomic E-state index is 14.6. The number of carbonyl (C=O) groups excluding carboxylic acids is 1. The van der Waals surface area contributed by atoms with Gasteiger partial charge in [0.15, 0.2) is 6.29 Å². The van der Waals surface area contributed by atoms with Gasteiger partial charge in [-0.15, -0.1) is 0 Å². The molecule has 0 aromatic heterocycles. The Kier molecular flexibility index (Phi) is 8.17. The number of aliphatic hydroxyl groups excluding tert-OH is 4. The number of hydrogen-bond acceptors (Lipinski definition) is 8. The van der Waals surface area contributed by atoms with E-state index in [4.69, 9.17) is 14.2 Å². The van der Waals surface area contributed by atoms with Crippen molar-refractivity contribution in [2.45, 2.75) is 143 Å². The second-order valence-corrected chi connectivity index (χ2v) is 16.7. The summed E-state index contributed by atoms with van der Waals surface area (Å²) in [6.07, 6.45) is 2.98. The van der Waals surface area contributed by atoms with Crippen LogP contribution in [0.4, 0.5) is 0 Å². The van der Waals surface area contributed by atoms with E-state index in [2.05, 4.69) is 67.5 Å². The number of ketones is 1. The molecule has 248 valence electrons. The molecule has 44 heavy (non-hydrogen) atoms. The molecule has 6 rings (SSSR count). The highest BCUT2D eigenvalue weighted by atomic mass is 16.7. The molecule has 4 N–H and O–H groups in total. The van der Waals surface area contributed by atoms with Crippen molar-refractivity contribution >= 4 is 5.78 Å². The number of Topliss-reactive ketones (excluding diaryl/α,β-unsaturated/α-hetero) is 1. The SMILES string of the molecule is CC(C)=CC1CC(C)C2C(CC3(C)C4CC=C5C(CCC(OC6OC(CO)C(O)C(O)C6O)C5(C)C)C4(C)C(=O)CC23C)O1. The molecule has 0 spiro atoms. The quantitative estimate of drug-likeness (QED) is 0.344. The molecule has 15 unspecified atom stereocenters. The zero-order valence-corrected chi connectivity index (χ0v) is 28.0. The highest BCUT2D eigenvalue weighted by molar-refractivity contribution is 5.88. The van der Waals surface area contributed by atoms with Crippen molar-refractivity contribution < 1.29 is 39.4 Å². The molecular formula is C36H56O8. The fourth-order valence-corrected chi connectivity index (χ4v) is 11.5. The lowest BCUT2D eigenvalue weighted by Crippen LogP contribution is -2.64. The molecule has 8 heteroatoms. The van der Waals surface area contributed by atoms with Crippen molar-refractivity contribution in [2.75, 3.05) is 6.61 Å². The minimum Gasteiger partial charge on any atom is -0.394 e. The summed E-state index contributed by atoms with van der Waals surface area (Å²) in [4.78, 5) is 14.6. The van der Waals surface area contributed by atoms with Crippen molar-refractivity contribution in [3.63, 3.8) is 0 Å². The lowest BCUT2D eigenvalue weighted by atomic mass is 9.38. The third kappa shape index (κ3) is 4.52. The van der Waals surface area contributed by atoms with E-state index in [1.54, 1.807) is 0 Å². The van der Waals surface area contributed by atoms with E-state index in [9.17, 15) is 25.2 Å². The minimum atomic E-state index is -1.48. The van der Waals surface area contributed by atoms with Crippen LogP contribution in [0.3, 0.4) is 0 Å². The Balaban J connectivity index is 1.29. The van der Waals surface area contributed by atoms with Crippen molar-refractivity contribution in [1.82, 2.24) is 0 Å². The lowest BCUT2D eigenvalue weighted by molar-refractivity contribution is -0.319. The first kappa shape index (κ1) is 32.8. The average Bonchev–Trinajstić information content (AvgIpc) is 3.16. The van der Waals surface area contributed by atoms with Gasteiger partial charge >= 0.3 is 0 Å². The van der Waals surface area contributed by atoms with Crippen molar-refractivity contribution in [3.8, 4) is 0 Å². The molecule has 0 aromatic rings. The first-order valence-corrected chi connectivity index (χ1v) is 17.0. The van der Waals surface area contributed by atoms with Crippen LogP contribution in [0.25, 0.3) is 0 Å². The molecule has 8 nitrogen and oxygen atoms in total. The molecule has 2 aliphatic heterocycles.